The maximum absolute atomic E-state index is 4.94. The normalized spacial score (nSPS) is 17.5. The molecule has 3 heterocycles. The number of thiophene rings is 1. The van der Waals surface area contributed by atoms with Crippen LogP contribution in [0, 0.1) is 0 Å². The number of aliphatic imine (C=N–C) groups is 1. The van der Waals surface area contributed by atoms with Gasteiger partial charge in [0.2, 0.25) is 0 Å². The van der Waals surface area contributed by atoms with Crippen LogP contribution in [0.3, 0.4) is 0 Å². The molecule has 28 heavy (non-hydrogen) atoms. The van der Waals surface area contributed by atoms with Gasteiger partial charge >= 0.3 is 0 Å². The Bertz CT molecular complexity index is 798. The van der Waals surface area contributed by atoms with E-state index in [2.05, 4.69) is 80.9 Å². The van der Waals surface area contributed by atoms with Gasteiger partial charge in [0.25, 0.3) is 0 Å². The number of hydrogen-bond donors (Lipinski definition) is 1. The quantitative estimate of drug-likeness (QED) is 0.478. The third-order valence-electron chi connectivity index (χ3n) is 5.24. The molecule has 5 nitrogen and oxygen atoms in total. The largest absolute Gasteiger partial charge is 0.364 e. The molecule has 1 aromatic carbocycles. The van der Waals surface area contributed by atoms with Gasteiger partial charge in [0.1, 0.15) is 0 Å². The van der Waals surface area contributed by atoms with Gasteiger partial charge < -0.3 is 20.0 Å². The number of piperazine rings is 1. The summed E-state index contributed by atoms with van der Waals surface area (Å²) in [6.45, 7) is 9.84. The lowest BCUT2D eigenvalue weighted by Crippen LogP contribution is -2.52. The van der Waals surface area contributed by atoms with Crippen LogP contribution >= 0.6 is 11.3 Å². The van der Waals surface area contributed by atoms with Crippen LogP contribution in [-0.2, 0) is 6.54 Å². The Labute approximate surface area is 172 Å². The lowest BCUT2D eigenvalue weighted by Gasteiger charge is -2.37. The fourth-order valence-corrected chi connectivity index (χ4v) is 4.51. The Hall–Kier alpha value is -2.47. The molecule has 2 aliphatic rings. The second-order valence-corrected chi connectivity index (χ2v) is 8.07. The monoisotopic (exact) mass is 395 g/mol. The molecule has 0 aliphatic carbocycles. The summed E-state index contributed by atoms with van der Waals surface area (Å²) >= 11 is 1.82. The van der Waals surface area contributed by atoms with E-state index in [4.69, 9.17) is 4.99 Å². The summed E-state index contributed by atoms with van der Waals surface area (Å²) in [5.74, 6) is 1.03. The average molecular weight is 396 g/mol. The van der Waals surface area contributed by atoms with Crippen molar-refractivity contribution < 1.29 is 0 Å². The summed E-state index contributed by atoms with van der Waals surface area (Å²) in [6.07, 6.45) is 4.45. The minimum Gasteiger partial charge on any atom is -0.364 e. The minimum absolute atomic E-state index is 0.711. The number of nitrogens with one attached hydrogen (secondary N) is 1. The Kier molecular flexibility index (Phi) is 6.17. The first-order chi connectivity index (χ1) is 13.8. The molecule has 2 aliphatic heterocycles. The highest BCUT2D eigenvalue weighted by Gasteiger charge is 2.20. The maximum atomic E-state index is 4.94. The van der Waals surface area contributed by atoms with E-state index in [-0.39, 0.29) is 0 Å². The van der Waals surface area contributed by atoms with E-state index >= 15 is 0 Å². The van der Waals surface area contributed by atoms with Gasteiger partial charge in [-0.3, -0.25) is 0 Å². The first-order valence-corrected chi connectivity index (χ1v) is 11.0. The smallest absolute Gasteiger partial charge is 0.194 e. The molecule has 1 saturated heterocycles. The topological polar surface area (TPSA) is 34.1 Å². The van der Waals surface area contributed by atoms with E-state index in [1.807, 2.05) is 11.3 Å². The molecule has 0 bridgehead atoms. The Morgan fingerprint density at radius 1 is 1.04 bits per heavy atom. The van der Waals surface area contributed by atoms with Crippen LogP contribution in [0.1, 0.15) is 12.5 Å². The molecule has 1 aromatic heterocycles. The van der Waals surface area contributed by atoms with Crippen LogP contribution in [0.25, 0.3) is 0 Å². The van der Waals surface area contributed by atoms with E-state index in [0.717, 1.165) is 51.8 Å². The standard InChI is InChI=1S/C22H29N5S/c1-2-23-22(27-14-12-26(13-15-27)21-9-6-16-28-21)24-18-19-7-5-8-20(17-19)25-10-3-4-11-25/h3-9,16-17H,2,10-15,18H2,1H3,(H,23,24). The lowest BCUT2D eigenvalue weighted by atomic mass is 10.2. The highest BCUT2D eigenvalue weighted by atomic mass is 32.1. The van der Waals surface area contributed by atoms with E-state index < -0.39 is 0 Å². The summed E-state index contributed by atoms with van der Waals surface area (Å²) in [6, 6.07) is 13.1. The molecule has 1 fully saturated rings. The van der Waals surface area contributed by atoms with Gasteiger partial charge in [0, 0.05) is 51.5 Å². The fourth-order valence-electron chi connectivity index (χ4n) is 3.72. The van der Waals surface area contributed by atoms with Crippen molar-refractivity contribution in [2.45, 2.75) is 13.5 Å². The average Bonchev–Trinajstić information content (AvgIpc) is 3.46. The Morgan fingerprint density at radius 2 is 1.86 bits per heavy atom. The summed E-state index contributed by atoms with van der Waals surface area (Å²) in [5.41, 5.74) is 2.55. The van der Waals surface area contributed by atoms with Gasteiger partial charge in [0.15, 0.2) is 5.96 Å². The van der Waals surface area contributed by atoms with Crippen LogP contribution in [-0.4, -0.2) is 56.7 Å². The van der Waals surface area contributed by atoms with E-state index in [1.165, 1.54) is 16.3 Å². The zero-order valence-corrected chi connectivity index (χ0v) is 17.4. The molecule has 0 radical (unpaired) electrons. The minimum atomic E-state index is 0.711. The first-order valence-electron chi connectivity index (χ1n) is 10.1. The van der Waals surface area contributed by atoms with Crippen molar-refractivity contribution in [2.75, 3.05) is 55.6 Å². The number of rotatable bonds is 5. The van der Waals surface area contributed by atoms with Gasteiger partial charge in [0.05, 0.1) is 11.5 Å². The predicted octanol–water partition coefficient (Wildman–Crippen LogP) is 3.41. The molecule has 0 unspecified atom stereocenters. The van der Waals surface area contributed by atoms with Crippen molar-refractivity contribution in [1.82, 2.24) is 10.2 Å². The van der Waals surface area contributed by atoms with E-state index in [1.54, 1.807) is 0 Å². The zero-order valence-electron chi connectivity index (χ0n) is 16.6. The van der Waals surface area contributed by atoms with Gasteiger partial charge in [-0.25, -0.2) is 4.99 Å². The highest BCUT2D eigenvalue weighted by molar-refractivity contribution is 7.14. The Morgan fingerprint density at radius 3 is 2.57 bits per heavy atom. The van der Waals surface area contributed by atoms with E-state index in [9.17, 15) is 0 Å². The van der Waals surface area contributed by atoms with Crippen LogP contribution in [0.5, 0.6) is 0 Å². The SMILES string of the molecule is CCNC(=NCc1cccc(N2CC=CC2)c1)N1CCN(c2cccs2)CC1. The summed E-state index contributed by atoms with van der Waals surface area (Å²) in [5, 5.41) is 7.00. The number of benzene rings is 1. The third kappa shape index (κ3) is 4.50. The van der Waals surface area contributed by atoms with Crippen LogP contribution in [0.15, 0.2) is 58.9 Å². The molecular formula is C22H29N5S. The second-order valence-electron chi connectivity index (χ2n) is 7.14. The molecule has 6 heteroatoms. The van der Waals surface area contributed by atoms with Crippen molar-refractivity contribution in [3.8, 4) is 0 Å². The van der Waals surface area contributed by atoms with E-state index in [0.29, 0.717) is 6.54 Å². The maximum Gasteiger partial charge on any atom is 0.194 e. The van der Waals surface area contributed by atoms with Crippen molar-refractivity contribution in [2.24, 2.45) is 4.99 Å². The fraction of sp³-hybridized carbons (Fsp3) is 0.409. The first kappa shape index (κ1) is 18.9. The molecule has 0 atom stereocenters. The third-order valence-corrected chi connectivity index (χ3v) is 6.17. The molecule has 2 aromatic rings. The number of guanidine groups is 1. The molecule has 1 N–H and O–H groups in total. The highest BCUT2D eigenvalue weighted by Crippen LogP contribution is 2.22. The van der Waals surface area contributed by atoms with Crippen molar-refractivity contribution >= 4 is 28.0 Å². The van der Waals surface area contributed by atoms with Gasteiger partial charge in [-0.15, -0.1) is 11.3 Å². The van der Waals surface area contributed by atoms with Gasteiger partial charge in [-0.05, 0) is 42.1 Å². The van der Waals surface area contributed by atoms with Crippen LogP contribution in [0.2, 0.25) is 0 Å². The number of anilines is 2. The number of nitrogens with zero attached hydrogens (tertiary/aromatic N) is 4. The number of hydrogen-bond acceptors (Lipinski definition) is 4. The van der Waals surface area contributed by atoms with Gasteiger partial charge in [-0.1, -0.05) is 24.3 Å². The molecule has 0 amide bonds. The lowest BCUT2D eigenvalue weighted by molar-refractivity contribution is 0.373. The molecule has 0 spiro atoms. The van der Waals surface area contributed by atoms with Crippen LogP contribution in [0.4, 0.5) is 10.7 Å². The molecule has 148 valence electrons. The van der Waals surface area contributed by atoms with Crippen LogP contribution < -0.4 is 15.1 Å². The molecular weight excluding hydrogens is 366 g/mol. The van der Waals surface area contributed by atoms with Crippen molar-refractivity contribution in [3.63, 3.8) is 0 Å². The second kappa shape index (κ2) is 9.15. The Balaban J connectivity index is 1.39. The van der Waals surface area contributed by atoms with Gasteiger partial charge in [-0.2, -0.15) is 0 Å². The van der Waals surface area contributed by atoms with Crippen molar-refractivity contribution in [3.05, 3.63) is 59.5 Å². The zero-order chi connectivity index (χ0) is 19.2. The summed E-state index contributed by atoms with van der Waals surface area (Å²) < 4.78 is 0. The summed E-state index contributed by atoms with van der Waals surface area (Å²) in [4.78, 5) is 12.2. The molecule has 0 saturated carbocycles. The summed E-state index contributed by atoms with van der Waals surface area (Å²) in [7, 11) is 0. The predicted molar refractivity (Wildman–Crippen MR) is 121 cm³/mol. The van der Waals surface area contributed by atoms with Crippen molar-refractivity contribution in [1.29, 1.82) is 0 Å². The molecule has 4 rings (SSSR count).